The predicted molar refractivity (Wildman–Crippen MR) is 77.2 cm³/mol. The highest BCUT2D eigenvalue weighted by Crippen LogP contribution is 2.22. The highest BCUT2D eigenvalue weighted by atomic mass is 16.3. The van der Waals surface area contributed by atoms with Crippen LogP contribution in [0.4, 0.5) is 5.69 Å². The fourth-order valence-electron chi connectivity index (χ4n) is 2.36. The summed E-state index contributed by atoms with van der Waals surface area (Å²) in [7, 11) is 0. The zero-order chi connectivity index (χ0) is 14.1. The van der Waals surface area contributed by atoms with Crippen molar-refractivity contribution in [1.29, 1.82) is 0 Å². The molecule has 0 bridgehead atoms. The van der Waals surface area contributed by atoms with Crippen LogP contribution in [0.1, 0.15) is 19.2 Å². The molecule has 3 N–H and O–H groups in total. The predicted octanol–water partition coefficient (Wildman–Crippen LogP) is 2.23. The van der Waals surface area contributed by atoms with E-state index in [1.165, 1.54) is 0 Å². The molecule has 1 aliphatic carbocycles. The van der Waals surface area contributed by atoms with Gasteiger partial charge in [-0.05, 0) is 24.6 Å². The molecule has 1 aliphatic rings. The van der Waals surface area contributed by atoms with Crippen LogP contribution in [0.5, 0.6) is 0 Å². The molecule has 3 rings (SSSR count). The van der Waals surface area contributed by atoms with Crippen LogP contribution in [-0.4, -0.2) is 16.9 Å². The number of rotatable bonds is 3. The molecule has 5 nitrogen and oxygen atoms in total. The maximum absolute atomic E-state index is 12.1. The van der Waals surface area contributed by atoms with Crippen molar-refractivity contribution in [3.8, 4) is 0 Å². The van der Waals surface area contributed by atoms with E-state index in [0.29, 0.717) is 12.3 Å². The van der Waals surface area contributed by atoms with Gasteiger partial charge in [0.05, 0.1) is 5.92 Å². The summed E-state index contributed by atoms with van der Waals surface area (Å²) in [6.45, 7) is 1.99. The summed E-state index contributed by atoms with van der Waals surface area (Å²) in [6, 6.07) is 5.46. The van der Waals surface area contributed by atoms with E-state index in [4.69, 9.17) is 10.2 Å². The summed E-state index contributed by atoms with van der Waals surface area (Å²) in [5.74, 6) is 0.519. The standard InChI is InChI=1S/C15H17N3O2/c1-2-14-18-12-8-11(5-6-13(12)20-14)17-15(19)9-3-4-10(16)7-9/h3-6,8-10H,2,7,16H2,1H3,(H,17,19). The molecule has 5 heteroatoms. The van der Waals surface area contributed by atoms with Gasteiger partial charge in [0.25, 0.3) is 0 Å². The molecule has 0 aliphatic heterocycles. The maximum atomic E-state index is 12.1. The van der Waals surface area contributed by atoms with Gasteiger partial charge in [0.2, 0.25) is 5.91 Å². The molecule has 2 unspecified atom stereocenters. The molecule has 0 saturated heterocycles. The second-order valence-electron chi connectivity index (χ2n) is 5.02. The third-order valence-electron chi connectivity index (χ3n) is 3.46. The van der Waals surface area contributed by atoms with Gasteiger partial charge >= 0.3 is 0 Å². The van der Waals surface area contributed by atoms with Crippen molar-refractivity contribution in [2.75, 3.05) is 5.32 Å². The quantitative estimate of drug-likeness (QED) is 0.839. The zero-order valence-electron chi connectivity index (χ0n) is 11.3. The minimum absolute atomic E-state index is 0.0177. The second-order valence-corrected chi connectivity index (χ2v) is 5.02. The lowest BCUT2D eigenvalue weighted by Crippen LogP contribution is -2.23. The molecule has 1 aromatic heterocycles. The van der Waals surface area contributed by atoms with Crippen molar-refractivity contribution in [1.82, 2.24) is 4.98 Å². The van der Waals surface area contributed by atoms with Crippen LogP contribution in [0.15, 0.2) is 34.8 Å². The fourth-order valence-corrected chi connectivity index (χ4v) is 2.36. The number of oxazole rings is 1. The molecule has 20 heavy (non-hydrogen) atoms. The molecule has 1 aromatic carbocycles. The summed E-state index contributed by atoms with van der Waals surface area (Å²) >= 11 is 0. The van der Waals surface area contributed by atoms with E-state index in [0.717, 1.165) is 23.2 Å². The van der Waals surface area contributed by atoms with E-state index in [2.05, 4.69) is 10.3 Å². The molecule has 104 valence electrons. The Morgan fingerprint density at radius 1 is 1.50 bits per heavy atom. The van der Waals surface area contributed by atoms with Crippen molar-refractivity contribution in [3.63, 3.8) is 0 Å². The van der Waals surface area contributed by atoms with Gasteiger partial charge in [-0.1, -0.05) is 19.1 Å². The van der Waals surface area contributed by atoms with Gasteiger partial charge in [-0.15, -0.1) is 0 Å². The number of nitrogens with two attached hydrogens (primary N) is 1. The highest BCUT2D eigenvalue weighted by Gasteiger charge is 2.22. The molecule has 0 radical (unpaired) electrons. The van der Waals surface area contributed by atoms with Crippen molar-refractivity contribution >= 4 is 22.7 Å². The Bertz CT molecular complexity index is 675. The normalized spacial score (nSPS) is 21.5. The zero-order valence-corrected chi connectivity index (χ0v) is 11.3. The summed E-state index contributed by atoms with van der Waals surface area (Å²) in [5, 5.41) is 2.90. The van der Waals surface area contributed by atoms with Gasteiger partial charge in [-0.25, -0.2) is 4.98 Å². The Kier molecular flexibility index (Phi) is 3.28. The number of anilines is 1. The van der Waals surface area contributed by atoms with Gasteiger partial charge in [0.15, 0.2) is 11.5 Å². The number of hydrogen-bond donors (Lipinski definition) is 2. The van der Waals surface area contributed by atoms with Crippen molar-refractivity contribution in [3.05, 3.63) is 36.2 Å². The molecule has 0 fully saturated rings. The number of aromatic nitrogens is 1. The van der Waals surface area contributed by atoms with Gasteiger partial charge < -0.3 is 15.5 Å². The summed E-state index contributed by atoms with van der Waals surface area (Å²) in [6.07, 6.45) is 5.15. The number of aryl methyl sites for hydroxylation is 1. The number of carbonyl (C=O) groups is 1. The third kappa shape index (κ3) is 2.44. The van der Waals surface area contributed by atoms with E-state index in [1.54, 1.807) is 0 Å². The van der Waals surface area contributed by atoms with E-state index < -0.39 is 0 Å². The van der Waals surface area contributed by atoms with Gasteiger partial charge in [0.1, 0.15) is 5.52 Å². The molecule has 1 heterocycles. The number of nitrogens with zero attached hydrogens (tertiary/aromatic N) is 1. The summed E-state index contributed by atoms with van der Waals surface area (Å²) in [4.78, 5) is 16.5. The van der Waals surface area contributed by atoms with E-state index >= 15 is 0 Å². The lowest BCUT2D eigenvalue weighted by Gasteiger charge is -2.10. The van der Waals surface area contributed by atoms with Crippen molar-refractivity contribution in [2.45, 2.75) is 25.8 Å². The lowest BCUT2D eigenvalue weighted by atomic mass is 10.1. The highest BCUT2D eigenvalue weighted by molar-refractivity contribution is 5.95. The number of hydrogen-bond acceptors (Lipinski definition) is 4. The largest absolute Gasteiger partial charge is 0.441 e. The Morgan fingerprint density at radius 3 is 3.05 bits per heavy atom. The molecule has 0 spiro atoms. The Labute approximate surface area is 116 Å². The van der Waals surface area contributed by atoms with Crippen LogP contribution in [-0.2, 0) is 11.2 Å². The van der Waals surface area contributed by atoms with Crippen LogP contribution < -0.4 is 11.1 Å². The molecule has 1 amide bonds. The van der Waals surface area contributed by atoms with E-state index in [-0.39, 0.29) is 17.9 Å². The van der Waals surface area contributed by atoms with E-state index in [9.17, 15) is 4.79 Å². The van der Waals surface area contributed by atoms with Crippen LogP contribution in [0, 0.1) is 5.92 Å². The number of nitrogens with one attached hydrogen (secondary N) is 1. The van der Waals surface area contributed by atoms with Crippen LogP contribution in [0.2, 0.25) is 0 Å². The first kappa shape index (κ1) is 12.9. The summed E-state index contributed by atoms with van der Waals surface area (Å²) in [5.41, 5.74) is 7.99. The topological polar surface area (TPSA) is 81.2 Å². The van der Waals surface area contributed by atoms with Gasteiger partial charge in [-0.3, -0.25) is 4.79 Å². The van der Waals surface area contributed by atoms with Gasteiger partial charge in [-0.2, -0.15) is 0 Å². The number of benzene rings is 1. The number of amides is 1. The maximum Gasteiger partial charge on any atom is 0.231 e. The van der Waals surface area contributed by atoms with Crippen LogP contribution >= 0.6 is 0 Å². The minimum Gasteiger partial charge on any atom is -0.441 e. The Balaban J connectivity index is 1.77. The average Bonchev–Trinajstić information content (AvgIpc) is 3.03. The first-order valence-corrected chi connectivity index (χ1v) is 6.80. The first-order valence-electron chi connectivity index (χ1n) is 6.80. The fraction of sp³-hybridized carbons (Fsp3) is 0.333. The van der Waals surface area contributed by atoms with Gasteiger partial charge in [0, 0.05) is 18.2 Å². The van der Waals surface area contributed by atoms with Crippen molar-refractivity contribution in [2.24, 2.45) is 11.7 Å². The Morgan fingerprint density at radius 2 is 2.35 bits per heavy atom. The van der Waals surface area contributed by atoms with E-state index in [1.807, 2.05) is 37.3 Å². The smallest absolute Gasteiger partial charge is 0.231 e. The molecule has 2 atom stereocenters. The minimum atomic E-state index is -0.149. The van der Waals surface area contributed by atoms with Crippen molar-refractivity contribution < 1.29 is 9.21 Å². The average molecular weight is 271 g/mol. The molecular formula is C15H17N3O2. The number of fused-ring (bicyclic) bond motifs is 1. The van der Waals surface area contributed by atoms with Crippen LogP contribution in [0.3, 0.4) is 0 Å². The summed E-state index contributed by atoms with van der Waals surface area (Å²) < 4.78 is 5.54. The third-order valence-corrected chi connectivity index (χ3v) is 3.46. The monoisotopic (exact) mass is 271 g/mol. The second kappa shape index (κ2) is 5.09. The molecule has 0 saturated carbocycles. The SMILES string of the molecule is CCc1nc2cc(NC(=O)C3C=CC(N)C3)ccc2o1. The van der Waals surface area contributed by atoms with Crippen LogP contribution in [0.25, 0.3) is 11.1 Å². The number of carbonyl (C=O) groups excluding carboxylic acids is 1. The molecular weight excluding hydrogens is 254 g/mol. The Hall–Kier alpha value is -2.14. The lowest BCUT2D eigenvalue weighted by molar-refractivity contribution is -0.118. The first-order chi connectivity index (χ1) is 9.65. The molecule has 2 aromatic rings.